The van der Waals surface area contributed by atoms with E-state index in [-0.39, 0.29) is 5.69 Å². The molecular formula is C13H8ClN3O2S. The van der Waals surface area contributed by atoms with Crippen molar-refractivity contribution in [1.29, 1.82) is 0 Å². The highest BCUT2D eigenvalue weighted by molar-refractivity contribution is 7.19. The molecule has 0 bridgehead atoms. The molecule has 0 N–H and O–H groups in total. The second-order valence-corrected chi connectivity index (χ2v) is 5.75. The zero-order valence-corrected chi connectivity index (χ0v) is 11.9. The molecule has 0 amide bonds. The van der Waals surface area contributed by atoms with Gasteiger partial charge in [0.15, 0.2) is 0 Å². The third-order valence-electron chi connectivity index (χ3n) is 2.96. The average molecular weight is 306 g/mol. The van der Waals surface area contributed by atoms with Crippen molar-refractivity contribution in [2.24, 2.45) is 0 Å². The first kappa shape index (κ1) is 13.0. The van der Waals surface area contributed by atoms with Crippen LogP contribution in [0.3, 0.4) is 0 Å². The van der Waals surface area contributed by atoms with Crippen LogP contribution in [0.15, 0.2) is 30.6 Å². The largest absolute Gasteiger partial charge is 0.270 e. The van der Waals surface area contributed by atoms with Gasteiger partial charge in [0.05, 0.1) is 10.3 Å². The highest BCUT2D eigenvalue weighted by Crippen LogP contribution is 2.40. The van der Waals surface area contributed by atoms with Crippen LogP contribution in [0.2, 0.25) is 5.15 Å². The van der Waals surface area contributed by atoms with Crippen LogP contribution >= 0.6 is 22.9 Å². The lowest BCUT2D eigenvalue weighted by atomic mass is 10.0. The summed E-state index contributed by atoms with van der Waals surface area (Å²) in [6.45, 7) is 1.94. The molecule has 2 heterocycles. The number of non-ortho nitro benzene ring substituents is 1. The van der Waals surface area contributed by atoms with Crippen molar-refractivity contribution in [2.75, 3.05) is 0 Å². The van der Waals surface area contributed by atoms with Crippen molar-refractivity contribution in [1.82, 2.24) is 9.97 Å². The summed E-state index contributed by atoms with van der Waals surface area (Å²) in [5.74, 6) is 0. The third kappa shape index (κ3) is 2.03. The molecule has 0 aliphatic carbocycles. The fourth-order valence-corrected chi connectivity index (χ4v) is 3.43. The zero-order chi connectivity index (χ0) is 14.3. The van der Waals surface area contributed by atoms with E-state index in [1.165, 1.54) is 29.8 Å². The third-order valence-corrected chi connectivity index (χ3v) is 4.26. The Labute approximate surface area is 123 Å². The Bertz CT molecular complexity index is 832. The van der Waals surface area contributed by atoms with Crippen molar-refractivity contribution >= 4 is 38.8 Å². The second-order valence-electron chi connectivity index (χ2n) is 4.19. The molecule has 2 aromatic heterocycles. The molecule has 3 rings (SSSR count). The lowest BCUT2D eigenvalue weighted by Gasteiger charge is -2.02. The topological polar surface area (TPSA) is 68.9 Å². The summed E-state index contributed by atoms with van der Waals surface area (Å²) in [4.78, 5) is 20.5. The van der Waals surface area contributed by atoms with Crippen LogP contribution in [0, 0.1) is 17.0 Å². The molecule has 0 aliphatic rings. The summed E-state index contributed by atoms with van der Waals surface area (Å²) in [7, 11) is 0. The molecule has 0 fully saturated rings. The molecule has 0 radical (unpaired) electrons. The number of hydrogen-bond donors (Lipinski definition) is 0. The van der Waals surface area contributed by atoms with Gasteiger partial charge in [-0.1, -0.05) is 23.7 Å². The predicted octanol–water partition coefficient (Wildman–Crippen LogP) is 4.23. The zero-order valence-electron chi connectivity index (χ0n) is 10.3. The maximum atomic E-state index is 10.9. The lowest BCUT2D eigenvalue weighted by molar-refractivity contribution is -0.384. The highest BCUT2D eigenvalue weighted by atomic mass is 35.5. The number of benzene rings is 1. The maximum absolute atomic E-state index is 10.9. The number of aromatic nitrogens is 2. The molecule has 0 spiro atoms. The van der Waals surface area contributed by atoms with Crippen molar-refractivity contribution in [3.63, 3.8) is 0 Å². The Kier molecular flexibility index (Phi) is 3.11. The molecule has 1 aromatic carbocycles. The number of rotatable bonds is 2. The van der Waals surface area contributed by atoms with Gasteiger partial charge in [-0.3, -0.25) is 10.1 Å². The van der Waals surface area contributed by atoms with Gasteiger partial charge in [0.1, 0.15) is 16.3 Å². The summed E-state index contributed by atoms with van der Waals surface area (Å²) < 4.78 is 0. The Hall–Kier alpha value is -2.05. The highest BCUT2D eigenvalue weighted by Gasteiger charge is 2.17. The van der Waals surface area contributed by atoms with E-state index < -0.39 is 4.92 Å². The minimum Gasteiger partial charge on any atom is -0.258 e. The smallest absolute Gasteiger partial charge is 0.258 e. The first-order valence-electron chi connectivity index (χ1n) is 5.72. The van der Waals surface area contributed by atoms with E-state index in [0.717, 1.165) is 26.2 Å². The fourth-order valence-electron chi connectivity index (χ4n) is 2.13. The van der Waals surface area contributed by atoms with Gasteiger partial charge in [0, 0.05) is 22.6 Å². The fraction of sp³-hybridized carbons (Fsp3) is 0.0769. The molecule has 100 valence electrons. The van der Waals surface area contributed by atoms with E-state index in [2.05, 4.69) is 9.97 Å². The second kappa shape index (κ2) is 4.81. The maximum Gasteiger partial charge on any atom is 0.270 e. The monoisotopic (exact) mass is 305 g/mol. The molecule has 0 aliphatic heterocycles. The van der Waals surface area contributed by atoms with Crippen LogP contribution in [-0.2, 0) is 0 Å². The average Bonchev–Trinajstić information content (AvgIpc) is 2.76. The Morgan fingerprint density at radius 1 is 1.35 bits per heavy atom. The number of aryl methyl sites for hydroxylation is 1. The van der Waals surface area contributed by atoms with Crippen LogP contribution in [-0.4, -0.2) is 14.9 Å². The van der Waals surface area contributed by atoms with Gasteiger partial charge in [0.2, 0.25) is 0 Å². The normalized spacial score (nSPS) is 10.9. The number of halogens is 1. The minimum absolute atomic E-state index is 0.0502. The summed E-state index contributed by atoms with van der Waals surface area (Å²) in [5, 5.41) is 12.0. The van der Waals surface area contributed by atoms with Gasteiger partial charge in [0.25, 0.3) is 5.69 Å². The molecule has 0 atom stereocenters. The number of hydrogen-bond acceptors (Lipinski definition) is 5. The summed E-state index contributed by atoms with van der Waals surface area (Å²) in [6.07, 6.45) is 1.41. The van der Waals surface area contributed by atoms with E-state index in [1.54, 1.807) is 6.07 Å². The summed E-state index contributed by atoms with van der Waals surface area (Å²) in [5.41, 5.74) is 1.66. The van der Waals surface area contributed by atoms with Gasteiger partial charge >= 0.3 is 0 Å². The first-order chi connectivity index (χ1) is 9.58. The minimum atomic E-state index is -0.411. The van der Waals surface area contributed by atoms with Crippen LogP contribution in [0.4, 0.5) is 5.69 Å². The van der Waals surface area contributed by atoms with E-state index >= 15 is 0 Å². The van der Waals surface area contributed by atoms with Crippen molar-refractivity contribution in [3.8, 4) is 11.1 Å². The molecule has 0 saturated heterocycles. The number of nitro benzene ring substituents is 1. The summed E-state index contributed by atoms with van der Waals surface area (Å²) in [6, 6.07) is 6.49. The lowest BCUT2D eigenvalue weighted by Crippen LogP contribution is -1.89. The molecule has 3 aromatic rings. The number of thiophene rings is 1. The molecule has 5 nitrogen and oxygen atoms in total. The standard InChI is InChI=1S/C13H8ClN3O2S/c1-7-10(8-3-2-4-9(5-8)17(18)19)11-12(14)15-6-16-13(11)20-7/h2-6H,1H3. The van der Waals surface area contributed by atoms with E-state index in [4.69, 9.17) is 11.6 Å². The van der Waals surface area contributed by atoms with Crippen molar-refractivity contribution < 1.29 is 4.92 Å². The SMILES string of the molecule is Cc1sc2ncnc(Cl)c2c1-c1cccc([N+](=O)[O-])c1. The van der Waals surface area contributed by atoms with Crippen LogP contribution in [0.25, 0.3) is 21.3 Å². The van der Waals surface area contributed by atoms with Gasteiger partial charge < -0.3 is 0 Å². The van der Waals surface area contributed by atoms with Gasteiger partial charge in [-0.05, 0) is 12.5 Å². The molecule has 0 saturated carbocycles. The quantitative estimate of drug-likeness (QED) is 0.403. The summed E-state index contributed by atoms with van der Waals surface area (Å²) >= 11 is 7.65. The Morgan fingerprint density at radius 3 is 2.90 bits per heavy atom. The van der Waals surface area contributed by atoms with Gasteiger partial charge in [-0.25, -0.2) is 9.97 Å². The van der Waals surface area contributed by atoms with E-state index in [9.17, 15) is 10.1 Å². The molecular weight excluding hydrogens is 298 g/mol. The number of nitro groups is 1. The van der Waals surface area contributed by atoms with Crippen LogP contribution in [0.1, 0.15) is 4.88 Å². The Balaban J connectivity index is 2.32. The van der Waals surface area contributed by atoms with Crippen molar-refractivity contribution in [3.05, 3.63) is 50.7 Å². The molecule has 0 unspecified atom stereocenters. The van der Waals surface area contributed by atoms with Gasteiger partial charge in [-0.15, -0.1) is 11.3 Å². The predicted molar refractivity (Wildman–Crippen MR) is 79.3 cm³/mol. The molecule has 7 heteroatoms. The van der Waals surface area contributed by atoms with Gasteiger partial charge in [-0.2, -0.15) is 0 Å². The number of fused-ring (bicyclic) bond motifs is 1. The van der Waals surface area contributed by atoms with E-state index in [0.29, 0.717) is 5.15 Å². The van der Waals surface area contributed by atoms with Crippen LogP contribution in [0.5, 0.6) is 0 Å². The number of nitrogens with zero attached hydrogens (tertiary/aromatic N) is 3. The first-order valence-corrected chi connectivity index (χ1v) is 6.92. The van der Waals surface area contributed by atoms with Crippen molar-refractivity contribution in [2.45, 2.75) is 6.92 Å². The van der Waals surface area contributed by atoms with E-state index in [1.807, 2.05) is 13.0 Å². The molecule has 20 heavy (non-hydrogen) atoms. The Morgan fingerprint density at radius 2 is 2.15 bits per heavy atom. The van der Waals surface area contributed by atoms with Crippen LogP contribution < -0.4 is 0 Å².